The summed E-state index contributed by atoms with van der Waals surface area (Å²) in [5.74, 6) is 3.21. The smallest absolute Gasteiger partial charge is 0.148 e. The zero-order valence-electron chi connectivity index (χ0n) is 10.7. The molecule has 0 aliphatic rings. The van der Waals surface area contributed by atoms with E-state index >= 15 is 0 Å². The van der Waals surface area contributed by atoms with Crippen LogP contribution in [-0.2, 0) is 6.54 Å². The van der Waals surface area contributed by atoms with Crippen molar-refractivity contribution in [3.05, 3.63) is 58.1 Å². The average molecular weight is 306 g/mol. The summed E-state index contributed by atoms with van der Waals surface area (Å²) >= 11 is 12.1. The highest BCUT2D eigenvalue weighted by atomic mass is 35.5. The average Bonchev–Trinajstić information content (AvgIpc) is 2.47. The molecule has 0 heterocycles. The minimum atomic E-state index is 0.245. The van der Waals surface area contributed by atoms with E-state index in [0.717, 1.165) is 17.0 Å². The molecule has 0 atom stereocenters. The number of nitrogens with one attached hydrogen (secondary N) is 1. The summed E-state index contributed by atoms with van der Waals surface area (Å²) in [7, 11) is 0. The van der Waals surface area contributed by atoms with Gasteiger partial charge < -0.3 is 10.1 Å². The third kappa shape index (κ3) is 3.84. The zero-order chi connectivity index (χ0) is 14.4. The zero-order valence-corrected chi connectivity index (χ0v) is 12.2. The first-order valence-corrected chi connectivity index (χ1v) is 6.79. The fourth-order valence-electron chi connectivity index (χ4n) is 1.73. The van der Waals surface area contributed by atoms with Gasteiger partial charge in [-0.1, -0.05) is 47.3 Å². The molecule has 4 heteroatoms. The Bertz CT molecular complexity index is 635. The number of hydrogen-bond donors (Lipinski definition) is 1. The van der Waals surface area contributed by atoms with Gasteiger partial charge in [0, 0.05) is 17.1 Å². The van der Waals surface area contributed by atoms with Gasteiger partial charge in [-0.15, -0.1) is 6.42 Å². The minimum absolute atomic E-state index is 0.245. The molecular weight excluding hydrogens is 293 g/mol. The topological polar surface area (TPSA) is 21.3 Å². The second-order valence-electron chi connectivity index (χ2n) is 4.08. The Morgan fingerprint density at radius 3 is 2.75 bits per heavy atom. The fraction of sp³-hybridized carbons (Fsp3) is 0.125. The number of rotatable bonds is 5. The quantitative estimate of drug-likeness (QED) is 0.814. The van der Waals surface area contributed by atoms with Gasteiger partial charge in [-0.3, -0.25) is 0 Å². The van der Waals surface area contributed by atoms with Crippen molar-refractivity contribution >= 4 is 28.9 Å². The number of hydrogen-bond acceptors (Lipinski definition) is 2. The summed E-state index contributed by atoms with van der Waals surface area (Å²) in [6.45, 7) is 0.815. The summed E-state index contributed by atoms with van der Waals surface area (Å²) in [6, 6.07) is 13.0. The summed E-state index contributed by atoms with van der Waals surface area (Å²) in [5, 5.41) is 4.49. The maximum absolute atomic E-state index is 6.11. The van der Waals surface area contributed by atoms with Gasteiger partial charge in [0.2, 0.25) is 0 Å². The van der Waals surface area contributed by atoms with Gasteiger partial charge in [0.15, 0.2) is 0 Å². The summed E-state index contributed by atoms with van der Waals surface area (Å²) < 4.78 is 5.49. The SMILES string of the molecule is C#CCOc1ccccc1CNc1cc(Cl)ccc1Cl. The predicted molar refractivity (Wildman–Crippen MR) is 84.6 cm³/mol. The third-order valence-corrected chi connectivity index (χ3v) is 3.25. The van der Waals surface area contributed by atoms with Crippen molar-refractivity contribution < 1.29 is 4.74 Å². The lowest BCUT2D eigenvalue weighted by atomic mass is 10.2. The Morgan fingerprint density at radius 2 is 1.95 bits per heavy atom. The number of ether oxygens (including phenoxy) is 1. The number of para-hydroxylation sites is 1. The van der Waals surface area contributed by atoms with E-state index in [0.29, 0.717) is 16.6 Å². The van der Waals surface area contributed by atoms with Gasteiger partial charge >= 0.3 is 0 Å². The van der Waals surface area contributed by atoms with Crippen LogP contribution < -0.4 is 10.1 Å². The maximum Gasteiger partial charge on any atom is 0.148 e. The van der Waals surface area contributed by atoms with Gasteiger partial charge in [0.05, 0.1) is 10.7 Å². The Hall–Kier alpha value is -1.82. The minimum Gasteiger partial charge on any atom is -0.481 e. The third-order valence-electron chi connectivity index (χ3n) is 2.68. The molecule has 0 fully saturated rings. The van der Waals surface area contributed by atoms with Crippen molar-refractivity contribution in [1.82, 2.24) is 0 Å². The van der Waals surface area contributed by atoms with E-state index in [2.05, 4.69) is 11.2 Å². The molecule has 0 aromatic heterocycles. The van der Waals surface area contributed by atoms with Crippen molar-refractivity contribution in [2.75, 3.05) is 11.9 Å². The standard InChI is InChI=1S/C16H13Cl2NO/c1-2-9-20-16-6-4-3-5-12(16)11-19-15-10-13(17)7-8-14(15)18/h1,3-8,10,19H,9,11H2. The highest BCUT2D eigenvalue weighted by molar-refractivity contribution is 6.35. The van der Waals surface area contributed by atoms with E-state index in [4.69, 9.17) is 34.4 Å². The number of terminal acetylenes is 1. The number of benzene rings is 2. The first kappa shape index (κ1) is 14.6. The van der Waals surface area contributed by atoms with E-state index < -0.39 is 0 Å². The molecule has 0 amide bonds. The van der Waals surface area contributed by atoms with E-state index in [1.54, 1.807) is 18.2 Å². The van der Waals surface area contributed by atoms with Crippen LogP contribution in [0.5, 0.6) is 5.75 Å². The van der Waals surface area contributed by atoms with Crippen LogP contribution in [0.15, 0.2) is 42.5 Å². The van der Waals surface area contributed by atoms with Gasteiger partial charge in [0.25, 0.3) is 0 Å². The van der Waals surface area contributed by atoms with Crippen LogP contribution in [0.1, 0.15) is 5.56 Å². The van der Waals surface area contributed by atoms with Crippen molar-refractivity contribution in [2.45, 2.75) is 6.54 Å². The highest BCUT2D eigenvalue weighted by Gasteiger charge is 2.05. The second kappa shape index (κ2) is 7.09. The van der Waals surface area contributed by atoms with E-state index in [-0.39, 0.29) is 6.61 Å². The molecule has 2 rings (SSSR count). The van der Waals surface area contributed by atoms with Crippen molar-refractivity contribution in [3.63, 3.8) is 0 Å². The Kier molecular flexibility index (Phi) is 5.17. The molecule has 20 heavy (non-hydrogen) atoms. The molecule has 0 saturated heterocycles. The molecule has 0 unspecified atom stereocenters. The normalized spacial score (nSPS) is 9.85. The van der Waals surface area contributed by atoms with Crippen LogP contribution in [0.3, 0.4) is 0 Å². The van der Waals surface area contributed by atoms with Gasteiger partial charge in [0.1, 0.15) is 12.4 Å². The summed E-state index contributed by atoms with van der Waals surface area (Å²) in [5.41, 5.74) is 1.78. The fourth-order valence-corrected chi connectivity index (χ4v) is 2.09. The van der Waals surface area contributed by atoms with Crippen molar-refractivity contribution in [1.29, 1.82) is 0 Å². The van der Waals surface area contributed by atoms with Crippen LogP contribution in [0, 0.1) is 12.3 Å². The molecule has 0 aliphatic heterocycles. The Labute approximate surface area is 128 Å². The molecule has 0 radical (unpaired) electrons. The lowest BCUT2D eigenvalue weighted by molar-refractivity contribution is 0.366. The van der Waals surface area contributed by atoms with Crippen LogP contribution in [0.4, 0.5) is 5.69 Å². The Balaban J connectivity index is 2.11. The van der Waals surface area contributed by atoms with Crippen LogP contribution >= 0.6 is 23.2 Å². The largest absolute Gasteiger partial charge is 0.481 e. The molecule has 0 aliphatic carbocycles. The van der Waals surface area contributed by atoms with Crippen molar-refractivity contribution in [3.8, 4) is 18.1 Å². The molecule has 2 aromatic carbocycles. The molecule has 0 spiro atoms. The molecule has 0 bridgehead atoms. The second-order valence-corrected chi connectivity index (χ2v) is 4.92. The van der Waals surface area contributed by atoms with Crippen LogP contribution in [0.25, 0.3) is 0 Å². The molecular formula is C16H13Cl2NO. The van der Waals surface area contributed by atoms with Crippen molar-refractivity contribution in [2.24, 2.45) is 0 Å². The summed E-state index contributed by atoms with van der Waals surface area (Å²) in [4.78, 5) is 0. The molecule has 2 nitrogen and oxygen atoms in total. The van der Waals surface area contributed by atoms with Gasteiger partial charge in [-0.2, -0.15) is 0 Å². The monoisotopic (exact) mass is 305 g/mol. The Morgan fingerprint density at radius 1 is 1.15 bits per heavy atom. The van der Waals surface area contributed by atoms with Gasteiger partial charge in [-0.05, 0) is 24.3 Å². The first-order valence-electron chi connectivity index (χ1n) is 6.04. The first-order chi connectivity index (χ1) is 9.70. The lowest BCUT2D eigenvalue weighted by Crippen LogP contribution is -2.04. The number of anilines is 1. The lowest BCUT2D eigenvalue weighted by Gasteiger charge is -2.12. The van der Waals surface area contributed by atoms with E-state index in [1.165, 1.54) is 0 Å². The van der Waals surface area contributed by atoms with Gasteiger partial charge in [-0.25, -0.2) is 0 Å². The number of halogens is 2. The molecule has 0 saturated carbocycles. The van der Waals surface area contributed by atoms with E-state index in [1.807, 2.05) is 24.3 Å². The molecule has 2 aromatic rings. The maximum atomic E-state index is 6.11. The molecule has 102 valence electrons. The van der Waals surface area contributed by atoms with E-state index in [9.17, 15) is 0 Å². The summed E-state index contributed by atoms with van der Waals surface area (Å²) in [6.07, 6.45) is 5.21. The highest BCUT2D eigenvalue weighted by Crippen LogP contribution is 2.27. The predicted octanol–water partition coefficient (Wildman–Crippen LogP) is 4.62. The molecule has 1 N–H and O–H groups in total. The van der Waals surface area contributed by atoms with Crippen LogP contribution in [-0.4, -0.2) is 6.61 Å². The van der Waals surface area contributed by atoms with Crippen LogP contribution in [0.2, 0.25) is 10.0 Å².